The number of carbonyl (C=O) groups is 1. The van der Waals surface area contributed by atoms with Crippen molar-refractivity contribution in [1.29, 1.82) is 0 Å². The molecule has 150 valence electrons. The number of hydrogen-bond donors (Lipinski definition) is 0. The van der Waals surface area contributed by atoms with Crippen molar-refractivity contribution in [2.24, 2.45) is 0 Å². The molecule has 1 amide bonds. The molecule has 29 heavy (non-hydrogen) atoms. The quantitative estimate of drug-likeness (QED) is 0.554. The first-order chi connectivity index (χ1) is 13.9. The summed E-state index contributed by atoms with van der Waals surface area (Å²) in [5.41, 5.74) is 3.14. The van der Waals surface area contributed by atoms with Gasteiger partial charge in [-0.3, -0.25) is 9.59 Å². The third kappa shape index (κ3) is 3.24. The van der Waals surface area contributed by atoms with Crippen LogP contribution in [0.5, 0.6) is 0 Å². The van der Waals surface area contributed by atoms with Gasteiger partial charge in [0.05, 0.1) is 17.0 Å². The summed E-state index contributed by atoms with van der Waals surface area (Å²) in [5, 5.41) is 0.483. The minimum atomic E-state index is -0.559. The molecular formula is C24H24FNO3. The maximum atomic E-state index is 13.5. The average Bonchev–Trinajstić information content (AvgIpc) is 2.96. The van der Waals surface area contributed by atoms with E-state index in [2.05, 4.69) is 6.92 Å². The molecule has 0 aliphatic carbocycles. The van der Waals surface area contributed by atoms with Crippen molar-refractivity contribution in [2.45, 2.75) is 46.1 Å². The number of halogens is 1. The van der Waals surface area contributed by atoms with E-state index in [1.165, 1.54) is 12.1 Å². The molecule has 0 spiro atoms. The van der Waals surface area contributed by atoms with Crippen molar-refractivity contribution in [3.05, 3.63) is 80.5 Å². The molecule has 0 fully saturated rings. The summed E-state index contributed by atoms with van der Waals surface area (Å²) in [5.74, 6) is -0.516. The summed E-state index contributed by atoms with van der Waals surface area (Å²) < 4.78 is 19.5. The van der Waals surface area contributed by atoms with Crippen molar-refractivity contribution in [3.63, 3.8) is 0 Å². The normalized spacial score (nSPS) is 15.9. The molecule has 1 aromatic heterocycles. The summed E-state index contributed by atoms with van der Waals surface area (Å²) >= 11 is 0. The summed E-state index contributed by atoms with van der Waals surface area (Å²) in [4.78, 5) is 28.4. The van der Waals surface area contributed by atoms with E-state index in [-0.39, 0.29) is 22.9 Å². The molecule has 2 aromatic carbocycles. The van der Waals surface area contributed by atoms with Crippen LogP contribution in [0.4, 0.5) is 4.39 Å². The van der Waals surface area contributed by atoms with Gasteiger partial charge in [-0.1, -0.05) is 38.0 Å². The molecule has 5 heteroatoms. The molecule has 1 aliphatic heterocycles. The van der Waals surface area contributed by atoms with Gasteiger partial charge in [0, 0.05) is 6.54 Å². The lowest BCUT2D eigenvalue weighted by Gasteiger charge is -2.25. The van der Waals surface area contributed by atoms with Crippen molar-refractivity contribution >= 4 is 16.9 Å². The van der Waals surface area contributed by atoms with Gasteiger partial charge in [-0.15, -0.1) is 0 Å². The second-order valence-electron chi connectivity index (χ2n) is 7.79. The molecule has 1 atom stereocenters. The van der Waals surface area contributed by atoms with Crippen molar-refractivity contribution < 1.29 is 13.6 Å². The zero-order valence-electron chi connectivity index (χ0n) is 16.9. The number of benzene rings is 2. The van der Waals surface area contributed by atoms with Crippen molar-refractivity contribution in [3.8, 4) is 0 Å². The van der Waals surface area contributed by atoms with Crippen LogP contribution in [-0.2, 0) is 0 Å². The minimum Gasteiger partial charge on any atom is -0.450 e. The maximum absolute atomic E-state index is 13.5. The molecule has 4 rings (SSSR count). The van der Waals surface area contributed by atoms with Gasteiger partial charge < -0.3 is 9.32 Å². The van der Waals surface area contributed by atoms with Crippen LogP contribution >= 0.6 is 0 Å². The van der Waals surface area contributed by atoms with E-state index in [4.69, 9.17) is 4.42 Å². The molecule has 0 bridgehead atoms. The Morgan fingerprint density at radius 1 is 1.07 bits per heavy atom. The van der Waals surface area contributed by atoms with Crippen molar-refractivity contribution in [1.82, 2.24) is 4.90 Å². The fourth-order valence-corrected chi connectivity index (χ4v) is 4.23. The van der Waals surface area contributed by atoms with E-state index in [0.29, 0.717) is 28.6 Å². The van der Waals surface area contributed by atoms with E-state index in [9.17, 15) is 14.0 Å². The molecule has 0 N–H and O–H groups in total. The molecular weight excluding hydrogens is 369 g/mol. The summed E-state index contributed by atoms with van der Waals surface area (Å²) in [6.07, 6.45) is 2.84. The first kappa shape index (κ1) is 19.4. The largest absolute Gasteiger partial charge is 0.450 e. The Balaban J connectivity index is 1.95. The SMILES string of the molecule is CCCCCN1C(=O)c2oc3c(C)cc(C)cc3c(=O)c2C1c1ccc(F)cc1. The fourth-order valence-electron chi connectivity index (χ4n) is 4.23. The van der Waals surface area contributed by atoms with E-state index in [0.717, 1.165) is 30.4 Å². The fraction of sp³-hybridized carbons (Fsp3) is 0.333. The number of aryl methyl sites for hydroxylation is 2. The standard InChI is InChI=1S/C24H24FNO3/c1-4-5-6-11-26-20(16-7-9-17(25)10-8-16)19-21(27)18-13-14(2)12-15(3)22(18)29-23(19)24(26)28/h7-10,12-13,20H,4-6,11H2,1-3H3. The number of fused-ring (bicyclic) bond motifs is 2. The lowest BCUT2D eigenvalue weighted by atomic mass is 9.97. The molecule has 0 saturated carbocycles. The number of nitrogens with zero attached hydrogens (tertiary/aromatic N) is 1. The van der Waals surface area contributed by atoms with Crippen LogP contribution in [0.15, 0.2) is 45.6 Å². The molecule has 1 aliphatic rings. The number of amides is 1. The third-order valence-corrected chi connectivity index (χ3v) is 5.59. The summed E-state index contributed by atoms with van der Waals surface area (Å²) in [7, 11) is 0. The molecule has 1 unspecified atom stereocenters. The van der Waals surface area contributed by atoms with Crippen molar-refractivity contribution in [2.75, 3.05) is 6.54 Å². The van der Waals surface area contributed by atoms with Gasteiger partial charge in [0.2, 0.25) is 5.76 Å². The predicted molar refractivity (Wildman–Crippen MR) is 111 cm³/mol. The number of hydrogen-bond acceptors (Lipinski definition) is 3. The predicted octanol–water partition coefficient (Wildman–Crippen LogP) is 5.28. The molecule has 4 nitrogen and oxygen atoms in total. The molecule has 0 saturated heterocycles. The lowest BCUT2D eigenvalue weighted by Crippen LogP contribution is -2.30. The van der Waals surface area contributed by atoms with Crippen LogP contribution in [0.25, 0.3) is 11.0 Å². The van der Waals surface area contributed by atoms with Crippen LogP contribution < -0.4 is 5.43 Å². The summed E-state index contributed by atoms with van der Waals surface area (Å²) in [6.45, 7) is 6.42. The number of unbranched alkanes of at least 4 members (excludes halogenated alkanes) is 2. The number of rotatable bonds is 5. The van der Waals surface area contributed by atoms with Gasteiger partial charge in [-0.25, -0.2) is 4.39 Å². The monoisotopic (exact) mass is 393 g/mol. The highest BCUT2D eigenvalue weighted by Crippen LogP contribution is 2.38. The van der Waals surface area contributed by atoms with Crippen LogP contribution in [-0.4, -0.2) is 17.4 Å². The maximum Gasteiger partial charge on any atom is 0.290 e. The zero-order valence-corrected chi connectivity index (χ0v) is 16.9. The first-order valence-electron chi connectivity index (χ1n) is 10.1. The van der Waals surface area contributed by atoms with E-state index in [1.807, 2.05) is 19.9 Å². The van der Waals surface area contributed by atoms with Gasteiger partial charge in [0.25, 0.3) is 5.91 Å². The lowest BCUT2D eigenvalue weighted by molar-refractivity contribution is 0.0724. The summed E-state index contributed by atoms with van der Waals surface area (Å²) in [6, 6.07) is 9.18. The van der Waals surface area contributed by atoms with E-state index < -0.39 is 6.04 Å². The van der Waals surface area contributed by atoms with Gasteiger partial charge in [0.1, 0.15) is 11.4 Å². The smallest absolute Gasteiger partial charge is 0.290 e. The second-order valence-corrected chi connectivity index (χ2v) is 7.79. The van der Waals surface area contributed by atoms with Gasteiger partial charge in [0.15, 0.2) is 5.43 Å². The second kappa shape index (κ2) is 7.47. The van der Waals surface area contributed by atoms with Crippen LogP contribution in [0.2, 0.25) is 0 Å². The van der Waals surface area contributed by atoms with E-state index in [1.54, 1.807) is 23.1 Å². The Hall–Kier alpha value is -2.95. The Morgan fingerprint density at radius 2 is 1.79 bits per heavy atom. The average molecular weight is 393 g/mol. The third-order valence-electron chi connectivity index (χ3n) is 5.59. The van der Waals surface area contributed by atoms with Crippen LogP contribution in [0.3, 0.4) is 0 Å². The zero-order chi connectivity index (χ0) is 20.7. The van der Waals surface area contributed by atoms with E-state index >= 15 is 0 Å². The van der Waals surface area contributed by atoms with Crippen LogP contribution in [0.1, 0.15) is 65.0 Å². The Kier molecular flexibility index (Phi) is 4.99. The molecule has 3 aromatic rings. The Bertz CT molecular complexity index is 1150. The van der Waals surface area contributed by atoms with Crippen LogP contribution in [0, 0.1) is 19.7 Å². The Labute approximate surface area is 169 Å². The van der Waals surface area contributed by atoms with Gasteiger partial charge in [-0.2, -0.15) is 0 Å². The highest BCUT2D eigenvalue weighted by molar-refractivity contribution is 5.99. The van der Waals surface area contributed by atoms with Gasteiger partial charge in [-0.05, 0) is 55.2 Å². The molecule has 0 radical (unpaired) electrons. The highest BCUT2D eigenvalue weighted by Gasteiger charge is 2.42. The topological polar surface area (TPSA) is 50.5 Å². The molecule has 2 heterocycles. The Morgan fingerprint density at radius 3 is 2.48 bits per heavy atom. The first-order valence-corrected chi connectivity index (χ1v) is 10.1. The van der Waals surface area contributed by atoms with Gasteiger partial charge >= 0.3 is 0 Å². The minimum absolute atomic E-state index is 0.111. The highest BCUT2D eigenvalue weighted by atomic mass is 19.1. The number of carbonyl (C=O) groups excluding carboxylic acids is 1.